The Balaban J connectivity index is 2.39. The molecule has 0 saturated carbocycles. The first-order valence-electron chi connectivity index (χ1n) is 5.19. The first-order chi connectivity index (χ1) is 7.61. The zero-order chi connectivity index (χ0) is 12.0. The highest BCUT2D eigenvalue weighted by atomic mass is 32.1. The molecule has 3 nitrogen and oxygen atoms in total. The minimum absolute atomic E-state index is 0.107. The average Bonchev–Trinajstić information content (AvgIpc) is 2.26. The number of hydrogen-bond acceptors (Lipinski definition) is 3. The molecule has 0 heterocycles. The van der Waals surface area contributed by atoms with Gasteiger partial charge in [-0.2, -0.15) is 0 Å². The van der Waals surface area contributed by atoms with Crippen molar-refractivity contribution in [2.24, 2.45) is 0 Å². The lowest BCUT2D eigenvalue weighted by molar-refractivity contribution is 0.224. The number of rotatable bonds is 4. The van der Waals surface area contributed by atoms with Crippen molar-refractivity contribution in [3.63, 3.8) is 0 Å². The lowest BCUT2D eigenvalue weighted by Gasteiger charge is -2.12. The molecule has 0 spiro atoms. The van der Waals surface area contributed by atoms with Gasteiger partial charge in [0.1, 0.15) is 5.75 Å². The monoisotopic (exact) mass is 239 g/mol. The normalized spacial score (nSPS) is 10.0. The fraction of sp³-hybridized carbons (Fsp3) is 0.417. The summed E-state index contributed by atoms with van der Waals surface area (Å²) >= 11 is 5.02. The molecule has 0 aliphatic rings. The summed E-state index contributed by atoms with van der Waals surface area (Å²) in [5, 5.41) is 3.47. The Morgan fingerprint density at radius 2 is 1.94 bits per heavy atom. The molecule has 1 rings (SSSR count). The first kappa shape index (κ1) is 12.8. The Kier molecular flexibility index (Phi) is 5.05. The molecule has 16 heavy (non-hydrogen) atoms. The average molecular weight is 239 g/mol. The highest BCUT2D eigenvalue weighted by Gasteiger charge is 2.00. The Morgan fingerprint density at radius 3 is 2.44 bits per heavy atom. The van der Waals surface area contributed by atoms with Crippen molar-refractivity contribution >= 4 is 17.4 Å². The van der Waals surface area contributed by atoms with Crippen molar-refractivity contribution in [3.8, 4) is 5.75 Å². The molecular formula is C12H17NO2S. The summed E-state index contributed by atoms with van der Waals surface area (Å²) in [7, 11) is 1.65. The van der Waals surface area contributed by atoms with Crippen LogP contribution in [0.3, 0.4) is 0 Å². The number of nitrogens with one attached hydrogen (secondary N) is 1. The fourth-order valence-corrected chi connectivity index (χ4v) is 1.44. The van der Waals surface area contributed by atoms with E-state index >= 15 is 0 Å². The molecule has 0 amide bonds. The van der Waals surface area contributed by atoms with Crippen molar-refractivity contribution in [2.75, 3.05) is 7.11 Å². The predicted molar refractivity (Wildman–Crippen MR) is 68.7 cm³/mol. The third-order valence-corrected chi connectivity index (χ3v) is 2.18. The minimum Gasteiger partial charge on any atom is -0.497 e. The van der Waals surface area contributed by atoms with Crippen LogP contribution in [0.2, 0.25) is 0 Å². The molecule has 88 valence electrons. The Hall–Kier alpha value is -1.29. The number of benzene rings is 1. The van der Waals surface area contributed by atoms with Crippen molar-refractivity contribution in [2.45, 2.75) is 26.5 Å². The van der Waals surface area contributed by atoms with Gasteiger partial charge in [0.2, 0.25) is 0 Å². The van der Waals surface area contributed by atoms with Gasteiger partial charge in [-0.05, 0) is 43.8 Å². The van der Waals surface area contributed by atoms with Crippen LogP contribution in [-0.4, -0.2) is 18.4 Å². The molecule has 0 fully saturated rings. The Labute approximate surface area is 102 Å². The van der Waals surface area contributed by atoms with Gasteiger partial charge in [0, 0.05) is 6.54 Å². The van der Waals surface area contributed by atoms with Crippen molar-refractivity contribution < 1.29 is 9.47 Å². The van der Waals surface area contributed by atoms with E-state index in [0.717, 1.165) is 11.3 Å². The molecular weight excluding hydrogens is 222 g/mol. The lowest BCUT2D eigenvalue weighted by atomic mass is 10.2. The number of thiocarbonyl (C=S) groups is 1. The Morgan fingerprint density at radius 1 is 1.31 bits per heavy atom. The third-order valence-electron chi connectivity index (χ3n) is 1.94. The largest absolute Gasteiger partial charge is 0.497 e. The van der Waals surface area contributed by atoms with Gasteiger partial charge in [-0.25, -0.2) is 0 Å². The second kappa shape index (κ2) is 6.33. The van der Waals surface area contributed by atoms with Gasteiger partial charge in [-0.1, -0.05) is 12.1 Å². The van der Waals surface area contributed by atoms with Gasteiger partial charge in [0.05, 0.1) is 13.2 Å². The van der Waals surface area contributed by atoms with Crippen LogP contribution in [0.15, 0.2) is 24.3 Å². The van der Waals surface area contributed by atoms with E-state index < -0.39 is 0 Å². The molecule has 0 aliphatic carbocycles. The molecule has 0 saturated heterocycles. The van der Waals surface area contributed by atoms with Crippen LogP contribution in [0.5, 0.6) is 5.75 Å². The highest BCUT2D eigenvalue weighted by Crippen LogP contribution is 2.10. The second-order valence-electron chi connectivity index (χ2n) is 3.66. The van der Waals surface area contributed by atoms with E-state index in [4.69, 9.17) is 21.7 Å². The summed E-state index contributed by atoms with van der Waals surface area (Å²) in [6.07, 6.45) is 0.107. The SMILES string of the molecule is COc1ccc(CNC(=S)OC(C)C)cc1. The Bertz CT molecular complexity index is 335. The van der Waals surface area contributed by atoms with E-state index in [9.17, 15) is 0 Å². The molecule has 1 aromatic rings. The minimum atomic E-state index is 0.107. The summed E-state index contributed by atoms with van der Waals surface area (Å²) in [5.74, 6) is 0.852. The van der Waals surface area contributed by atoms with Gasteiger partial charge in [0.15, 0.2) is 0 Å². The molecule has 1 aromatic carbocycles. The van der Waals surface area contributed by atoms with Gasteiger partial charge in [-0.15, -0.1) is 0 Å². The van der Waals surface area contributed by atoms with E-state index in [1.165, 1.54) is 0 Å². The van der Waals surface area contributed by atoms with Crippen molar-refractivity contribution in [3.05, 3.63) is 29.8 Å². The summed E-state index contributed by atoms with van der Waals surface area (Å²) < 4.78 is 10.4. The third kappa shape index (κ3) is 4.49. The molecule has 0 aromatic heterocycles. The van der Waals surface area contributed by atoms with Crippen molar-refractivity contribution in [1.82, 2.24) is 5.32 Å². The number of methoxy groups -OCH3 is 1. The maximum absolute atomic E-state index is 5.31. The van der Waals surface area contributed by atoms with Crippen LogP contribution in [0, 0.1) is 0 Å². The first-order valence-corrected chi connectivity index (χ1v) is 5.60. The van der Waals surface area contributed by atoms with Crippen LogP contribution in [0.4, 0.5) is 0 Å². The number of ether oxygens (including phenoxy) is 2. The van der Waals surface area contributed by atoms with E-state index in [1.807, 2.05) is 38.1 Å². The van der Waals surface area contributed by atoms with Crippen LogP contribution >= 0.6 is 12.2 Å². The van der Waals surface area contributed by atoms with Crippen LogP contribution in [0.1, 0.15) is 19.4 Å². The van der Waals surface area contributed by atoms with Gasteiger partial charge >= 0.3 is 0 Å². The van der Waals surface area contributed by atoms with Crippen molar-refractivity contribution in [1.29, 1.82) is 0 Å². The topological polar surface area (TPSA) is 30.5 Å². The van der Waals surface area contributed by atoms with E-state index in [0.29, 0.717) is 11.7 Å². The van der Waals surface area contributed by atoms with Gasteiger partial charge < -0.3 is 14.8 Å². The second-order valence-corrected chi connectivity index (χ2v) is 4.03. The predicted octanol–water partition coefficient (Wildman–Crippen LogP) is 2.49. The van der Waals surface area contributed by atoms with Crippen LogP contribution in [-0.2, 0) is 11.3 Å². The van der Waals surface area contributed by atoms with Crippen LogP contribution in [0.25, 0.3) is 0 Å². The zero-order valence-electron chi connectivity index (χ0n) is 9.82. The van der Waals surface area contributed by atoms with Crippen LogP contribution < -0.4 is 10.1 Å². The maximum atomic E-state index is 5.31. The molecule has 4 heteroatoms. The molecule has 0 unspecified atom stereocenters. The van der Waals surface area contributed by atoms with E-state index in [-0.39, 0.29) is 6.10 Å². The quantitative estimate of drug-likeness (QED) is 0.818. The molecule has 0 bridgehead atoms. The maximum Gasteiger partial charge on any atom is 0.257 e. The molecule has 0 aliphatic heterocycles. The summed E-state index contributed by atoms with van der Waals surface area (Å²) in [6, 6.07) is 7.82. The fourth-order valence-electron chi connectivity index (χ4n) is 1.17. The molecule has 0 atom stereocenters. The standard InChI is InChI=1S/C12H17NO2S/c1-9(2)15-12(16)13-8-10-4-6-11(14-3)7-5-10/h4-7,9H,8H2,1-3H3,(H,13,16). The highest BCUT2D eigenvalue weighted by molar-refractivity contribution is 7.80. The van der Waals surface area contributed by atoms with E-state index in [2.05, 4.69) is 5.32 Å². The van der Waals surface area contributed by atoms with Gasteiger partial charge in [-0.3, -0.25) is 0 Å². The molecule has 0 radical (unpaired) electrons. The summed E-state index contributed by atoms with van der Waals surface area (Å²) in [5.41, 5.74) is 1.13. The van der Waals surface area contributed by atoms with Gasteiger partial charge in [0.25, 0.3) is 5.17 Å². The molecule has 1 N–H and O–H groups in total. The zero-order valence-corrected chi connectivity index (χ0v) is 10.6. The van der Waals surface area contributed by atoms with E-state index in [1.54, 1.807) is 7.11 Å². The summed E-state index contributed by atoms with van der Waals surface area (Å²) in [6.45, 7) is 4.55. The smallest absolute Gasteiger partial charge is 0.257 e. The lowest BCUT2D eigenvalue weighted by Crippen LogP contribution is -2.25. The summed E-state index contributed by atoms with van der Waals surface area (Å²) in [4.78, 5) is 0. The number of hydrogen-bond donors (Lipinski definition) is 1.